The van der Waals surface area contributed by atoms with Crippen molar-refractivity contribution in [1.82, 2.24) is 14.5 Å². The molecule has 1 aliphatic heterocycles. The highest BCUT2D eigenvalue weighted by Gasteiger charge is 2.23. The number of hydrogen-bond acceptors (Lipinski definition) is 5. The Balaban J connectivity index is 0.00000225. The van der Waals surface area contributed by atoms with Crippen molar-refractivity contribution < 1.29 is 0 Å². The number of fused-ring (bicyclic) bond motifs is 1. The van der Waals surface area contributed by atoms with Crippen molar-refractivity contribution >= 4 is 25.3 Å². The third kappa shape index (κ3) is 3.75. The molecule has 3 rings (SSSR count). The predicted octanol–water partition coefficient (Wildman–Crippen LogP) is 3.33. The van der Waals surface area contributed by atoms with Gasteiger partial charge in [0, 0.05) is 41.2 Å². The maximum atomic E-state index is 12.7. The van der Waals surface area contributed by atoms with Crippen LogP contribution in [0.1, 0.15) is 39.1 Å². The molecule has 1 atom stereocenters. The van der Waals surface area contributed by atoms with Crippen molar-refractivity contribution in [2.75, 3.05) is 5.75 Å². The van der Waals surface area contributed by atoms with Gasteiger partial charge < -0.3 is 4.57 Å². The molecule has 7 heteroatoms. The van der Waals surface area contributed by atoms with E-state index < -0.39 is 0 Å². The number of aromatic nitrogens is 3. The molecule has 0 saturated carbocycles. The van der Waals surface area contributed by atoms with Gasteiger partial charge in [0.2, 0.25) is 0 Å². The van der Waals surface area contributed by atoms with Gasteiger partial charge in [0.05, 0.1) is 5.03 Å². The third-order valence-corrected chi connectivity index (χ3v) is 5.39. The fourth-order valence-electron chi connectivity index (χ4n) is 2.70. The van der Waals surface area contributed by atoms with Crippen LogP contribution in [0.15, 0.2) is 28.3 Å². The zero-order valence-corrected chi connectivity index (χ0v) is 16.6. The van der Waals surface area contributed by atoms with Crippen molar-refractivity contribution in [2.45, 2.75) is 44.7 Å². The van der Waals surface area contributed by atoms with E-state index in [0.717, 1.165) is 16.6 Å². The Kier molecular flexibility index (Phi) is 5.65. The first-order chi connectivity index (χ1) is 11.3. The highest BCUT2D eigenvalue weighted by Crippen LogP contribution is 2.31. The molecule has 0 radical (unpaired) electrons. The minimum Gasteiger partial charge on any atom is -0.302 e. The van der Waals surface area contributed by atoms with E-state index in [1.807, 2.05) is 26.8 Å². The van der Waals surface area contributed by atoms with E-state index in [-0.39, 0.29) is 30.0 Å². The van der Waals surface area contributed by atoms with Crippen molar-refractivity contribution in [2.24, 2.45) is 5.92 Å². The normalized spacial score (nSPS) is 16.5. The maximum absolute atomic E-state index is 12.7. The minimum absolute atomic E-state index is 0. The fraction of sp³-hybridized carbons (Fsp3) is 0.444. The maximum Gasteiger partial charge on any atom is 0.269 e. The van der Waals surface area contributed by atoms with Gasteiger partial charge in [-0.2, -0.15) is 18.8 Å². The Morgan fingerprint density at radius 1 is 1.32 bits per heavy atom. The fourth-order valence-corrected chi connectivity index (χ4v) is 3.77. The lowest BCUT2D eigenvalue weighted by Gasteiger charge is -2.24. The molecule has 0 saturated heterocycles. The van der Waals surface area contributed by atoms with E-state index in [1.165, 1.54) is 0 Å². The first-order valence-corrected chi connectivity index (χ1v) is 8.93. The van der Waals surface area contributed by atoms with Crippen LogP contribution in [0.5, 0.6) is 0 Å². The number of nitriles is 1. The van der Waals surface area contributed by atoms with E-state index in [4.69, 9.17) is 0 Å². The lowest BCUT2D eigenvalue weighted by atomic mass is 9.95. The van der Waals surface area contributed by atoms with Crippen LogP contribution in [-0.4, -0.2) is 20.3 Å². The highest BCUT2D eigenvalue weighted by atomic mass is 32.2. The van der Waals surface area contributed by atoms with Crippen molar-refractivity contribution in [3.63, 3.8) is 0 Å². The summed E-state index contributed by atoms with van der Waals surface area (Å²) in [4.78, 5) is 21.5. The van der Waals surface area contributed by atoms with Crippen LogP contribution in [0.4, 0.5) is 0 Å². The molecule has 0 N–H and O–H groups in total. The number of rotatable bonds is 1. The average molecular weight is 375 g/mol. The summed E-state index contributed by atoms with van der Waals surface area (Å²) in [5.41, 5.74) is 1.14. The molecule has 1 aliphatic rings. The van der Waals surface area contributed by atoms with Gasteiger partial charge in [0.1, 0.15) is 17.5 Å². The molecule has 2 aromatic heterocycles. The zero-order valence-electron chi connectivity index (χ0n) is 14.8. The zero-order chi connectivity index (χ0) is 17.5. The topological polar surface area (TPSA) is 71.6 Å². The van der Waals surface area contributed by atoms with Gasteiger partial charge in [0.25, 0.3) is 5.56 Å². The Bertz CT molecular complexity index is 876. The van der Waals surface area contributed by atoms with E-state index in [0.29, 0.717) is 23.6 Å². The Morgan fingerprint density at radius 3 is 2.52 bits per heavy atom. The Morgan fingerprint density at radius 2 is 1.96 bits per heavy atom. The summed E-state index contributed by atoms with van der Waals surface area (Å²) in [6.07, 6.45) is 3.41. The lowest BCUT2D eigenvalue weighted by molar-refractivity contribution is 0.474. The van der Waals surface area contributed by atoms with Gasteiger partial charge in [-0.3, -0.25) is 4.79 Å². The third-order valence-electron chi connectivity index (χ3n) is 4.02. The summed E-state index contributed by atoms with van der Waals surface area (Å²) in [5, 5.41) is 10.4. The molecule has 5 nitrogen and oxygen atoms in total. The first-order valence-electron chi connectivity index (χ1n) is 7.95. The lowest BCUT2D eigenvalue weighted by Crippen LogP contribution is -2.30. The summed E-state index contributed by atoms with van der Waals surface area (Å²) in [5.74, 6) is 2.14. The molecule has 2 aromatic rings. The molecule has 0 spiro atoms. The summed E-state index contributed by atoms with van der Waals surface area (Å²) < 4.78 is 1.71. The van der Waals surface area contributed by atoms with Crippen LogP contribution < -0.4 is 5.56 Å². The largest absolute Gasteiger partial charge is 0.302 e. The second kappa shape index (κ2) is 7.22. The van der Waals surface area contributed by atoms with Crippen LogP contribution in [-0.2, 0) is 12.0 Å². The average Bonchev–Trinajstić information content (AvgIpc) is 2.54. The van der Waals surface area contributed by atoms with E-state index >= 15 is 0 Å². The molecular weight excluding hydrogens is 352 g/mol. The van der Waals surface area contributed by atoms with E-state index in [9.17, 15) is 10.1 Å². The molecule has 0 bridgehead atoms. The van der Waals surface area contributed by atoms with Crippen LogP contribution >= 0.6 is 25.3 Å². The van der Waals surface area contributed by atoms with Gasteiger partial charge >= 0.3 is 0 Å². The monoisotopic (exact) mass is 374 g/mol. The molecule has 0 aromatic carbocycles. The SMILES string of the molecule is C[C@@H]1CSc2cc(-c3cnc(C(C)(C)C)nc3)c(C#N)c(=O)n2C1.S. The van der Waals surface area contributed by atoms with Gasteiger partial charge in [-0.25, -0.2) is 9.97 Å². The molecule has 25 heavy (non-hydrogen) atoms. The number of pyridine rings is 1. The quantitative estimate of drug-likeness (QED) is 0.766. The molecular formula is C18H22N4OS2. The molecule has 0 unspecified atom stereocenters. The van der Waals surface area contributed by atoms with Crippen LogP contribution in [0.25, 0.3) is 11.1 Å². The summed E-state index contributed by atoms with van der Waals surface area (Å²) >= 11 is 1.66. The standard InChI is InChI=1S/C18H20N4OS.H2S/c1-11-9-22-15(24-10-11)5-13(14(6-19)16(22)23)12-7-20-17(21-8-12)18(2,3)4;/h5,7-8,11H,9-10H2,1-4H3;1H2/t11-;/m0./s1. The van der Waals surface area contributed by atoms with Crippen LogP contribution in [0, 0.1) is 17.2 Å². The minimum atomic E-state index is -0.219. The number of hydrogen-bond donors (Lipinski definition) is 0. The number of nitrogens with zero attached hydrogens (tertiary/aromatic N) is 4. The molecule has 132 valence electrons. The highest BCUT2D eigenvalue weighted by molar-refractivity contribution is 7.99. The Hall–Kier alpha value is -1.78. The van der Waals surface area contributed by atoms with Gasteiger partial charge in [-0.1, -0.05) is 27.7 Å². The second-order valence-electron chi connectivity index (χ2n) is 7.26. The predicted molar refractivity (Wildman–Crippen MR) is 105 cm³/mol. The summed E-state index contributed by atoms with van der Waals surface area (Å²) in [6, 6.07) is 4.00. The molecule has 3 heterocycles. The molecule has 0 amide bonds. The molecule has 0 aliphatic carbocycles. The van der Waals surface area contributed by atoms with Gasteiger partial charge in [0.15, 0.2) is 0 Å². The van der Waals surface area contributed by atoms with Crippen molar-refractivity contribution in [3.05, 3.63) is 40.2 Å². The van der Waals surface area contributed by atoms with Crippen LogP contribution in [0.2, 0.25) is 0 Å². The number of thioether (sulfide) groups is 1. The van der Waals surface area contributed by atoms with Crippen molar-refractivity contribution in [1.29, 1.82) is 5.26 Å². The van der Waals surface area contributed by atoms with Crippen molar-refractivity contribution in [3.8, 4) is 17.2 Å². The smallest absolute Gasteiger partial charge is 0.269 e. The van der Waals surface area contributed by atoms with Gasteiger partial charge in [-0.05, 0) is 12.0 Å². The van der Waals surface area contributed by atoms with E-state index in [2.05, 4.69) is 23.0 Å². The van der Waals surface area contributed by atoms with Gasteiger partial charge in [-0.15, -0.1) is 11.8 Å². The Labute approximate surface area is 159 Å². The summed E-state index contributed by atoms with van der Waals surface area (Å²) in [6.45, 7) is 8.92. The van der Waals surface area contributed by atoms with Crippen LogP contribution in [0.3, 0.4) is 0 Å². The molecule has 0 fully saturated rings. The first kappa shape index (κ1) is 19.5. The summed E-state index contributed by atoms with van der Waals surface area (Å²) in [7, 11) is 0. The van der Waals surface area contributed by atoms with E-state index in [1.54, 1.807) is 28.7 Å². The second-order valence-corrected chi connectivity index (χ2v) is 8.30.